The van der Waals surface area contributed by atoms with Gasteiger partial charge in [0.15, 0.2) is 0 Å². The largest absolute Gasteiger partial charge is 0.349 e. The fourth-order valence-corrected chi connectivity index (χ4v) is 3.04. The number of rotatable bonds is 7. The molecule has 0 saturated carbocycles. The fraction of sp³-hybridized carbons (Fsp3) is 0.765. The molecular formula is C17H31N5O. The Kier molecular flexibility index (Phi) is 6.59. The monoisotopic (exact) mass is 321 g/mol. The molecule has 1 fully saturated rings. The molecule has 1 amide bonds. The van der Waals surface area contributed by atoms with E-state index in [-0.39, 0.29) is 5.91 Å². The average molecular weight is 321 g/mol. The van der Waals surface area contributed by atoms with Crippen LogP contribution in [0.1, 0.15) is 49.6 Å². The first-order valence-corrected chi connectivity index (χ1v) is 8.68. The SMILES string of the molecule is CC(C)CC(CNC(=O)c1ccn(C2CCCNC2)n1)N(C)C. The number of nitrogens with zero attached hydrogens (tertiary/aromatic N) is 3. The number of carbonyl (C=O) groups excluding carboxylic acids is 1. The van der Waals surface area contributed by atoms with Crippen molar-refractivity contribution >= 4 is 5.91 Å². The molecule has 2 atom stereocenters. The number of likely N-dealkylation sites (N-methyl/N-ethyl adjacent to an activating group) is 1. The molecule has 0 aromatic carbocycles. The second kappa shape index (κ2) is 8.45. The lowest BCUT2D eigenvalue weighted by Crippen LogP contribution is -2.41. The Morgan fingerprint density at radius 3 is 2.91 bits per heavy atom. The standard InChI is InChI=1S/C17H31N5O/c1-13(2)10-15(21(3)4)12-19-17(23)16-7-9-22(20-16)14-6-5-8-18-11-14/h7,9,13-15,18H,5-6,8,10-12H2,1-4H3,(H,19,23). The summed E-state index contributed by atoms with van der Waals surface area (Å²) in [7, 11) is 4.12. The number of piperidine rings is 1. The first-order chi connectivity index (χ1) is 11.0. The number of carbonyl (C=O) groups is 1. The van der Waals surface area contributed by atoms with Gasteiger partial charge in [-0.2, -0.15) is 5.10 Å². The molecule has 1 aliphatic heterocycles. The van der Waals surface area contributed by atoms with Gasteiger partial charge in [0.25, 0.3) is 5.91 Å². The lowest BCUT2D eigenvalue weighted by Gasteiger charge is -2.26. The Morgan fingerprint density at radius 1 is 1.52 bits per heavy atom. The van der Waals surface area contributed by atoms with Gasteiger partial charge in [0.2, 0.25) is 0 Å². The minimum Gasteiger partial charge on any atom is -0.349 e. The second-order valence-electron chi connectivity index (χ2n) is 7.14. The van der Waals surface area contributed by atoms with E-state index in [2.05, 4.69) is 48.6 Å². The Labute approximate surface area is 139 Å². The summed E-state index contributed by atoms with van der Waals surface area (Å²) in [6.45, 7) is 7.07. The van der Waals surface area contributed by atoms with E-state index in [1.807, 2.05) is 16.9 Å². The third-order valence-corrected chi connectivity index (χ3v) is 4.46. The first-order valence-electron chi connectivity index (χ1n) is 8.68. The number of hydrogen-bond donors (Lipinski definition) is 2. The van der Waals surface area contributed by atoms with Gasteiger partial charge in [-0.15, -0.1) is 0 Å². The quantitative estimate of drug-likeness (QED) is 0.799. The number of aromatic nitrogens is 2. The van der Waals surface area contributed by atoms with Crippen LogP contribution in [0.25, 0.3) is 0 Å². The van der Waals surface area contributed by atoms with E-state index < -0.39 is 0 Å². The van der Waals surface area contributed by atoms with E-state index >= 15 is 0 Å². The molecule has 6 nitrogen and oxygen atoms in total. The fourth-order valence-electron chi connectivity index (χ4n) is 3.04. The van der Waals surface area contributed by atoms with Crippen LogP contribution in [0.2, 0.25) is 0 Å². The molecule has 0 spiro atoms. The zero-order valence-electron chi connectivity index (χ0n) is 14.9. The Bertz CT molecular complexity index is 491. The summed E-state index contributed by atoms with van der Waals surface area (Å²) in [5.41, 5.74) is 0.512. The zero-order valence-corrected chi connectivity index (χ0v) is 14.9. The van der Waals surface area contributed by atoms with Crippen LogP contribution in [0.3, 0.4) is 0 Å². The molecule has 0 bridgehead atoms. The van der Waals surface area contributed by atoms with Crippen LogP contribution in [-0.2, 0) is 0 Å². The second-order valence-corrected chi connectivity index (χ2v) is 7.14. The summed E-state index contributed by atoms with van der Waals surface area (Å²) in [4.78, 5) is 14.5. The van der Waals surface area contributed by atoms with Gasteiger partial charge in [0.1, 0.15) is 5.69 Å². The highest BCUT2D eigenvalue weighted by atomic mass is 16.1. The van der Waals surface area contributed by atoms with Crippen molar-refractivity contribution in [2.45, 2.75) is 45.2 Å². The molecule has 1 saturated heterocycles. The van der Waals surface area contributed by atoms with Crippen LogP contribution < -0.4 is 10.6 Å². The molecule has 1 aromatic heterocycles. The normalized spacial score (nSPS) is 20.0. The lowest BCUT2D eigenvalue weighted by atomic mass is 10.0. The predicted octanol–water partition coefficient (Wildman–Crippen LogP) is 1.51. The van der Waals surface area contributed by atoms with Crippen molar-refractivity contribution in [3.05, 3.63) is 18.0 Å². The number of amides is 1. The van der Waals surface area contributed by atoms with Crippen molar-refractivity contribution in [3.63, 3.8) is 0 Å². The highest BCUT2D eigenvalue weighted by Gasteiger charge is 2.19. The van der Waals surface area contributed by atoms with Crippen molar-refractivity contribution in [1.82, 2.24) is 25.3 Å². The molecule has 2 unspecified atom stereocenters. The summed E-state index contributed by atoms with van der Waals surface area (Å²) < 4.78 is 1.93. The third-order valence-electron chi connectivity index (χ3n) is 4.46. The van der Waals surface area contributed by atoms with Gasteiger partial charge in [-0.3, -0.25) is 9.48 Å². The Morgan fingerprint density at radius 2 is 2.30 bits per heavy atom. The summed E-state index contributed by atoms with van der Waals surface area (Å²) in [5.74, 6) is 0.528. The summed E-state index contributed by atoms with van der Waals surface area (Å²) in [6.07, 6.45) is 5.26. The highest BCUT2D eigenvalue weighted by molar-refractivity contribution is 5.92. The average Bonchev–Trinajstić information content (AvgIpc) is 3.01. The Balaban J connectivity index is 1.88. The zero-order chi connectivity index (χ0) is 16.8. The maximum atomic E-state index is 12.3. The highest BCUT2D eigenvalue weighted by Crippen LogP contribution is 2.15. The van der Waals surface area contributed by atoms with Crippen LogP contribution in [0.15, 0.2) is 12.3 Å². The van der Waals surface area contributed by atoms with Gasteiger partial charge in [-0.25, -0.2) is 0 Å². The molecule has 1 aliphatic rings. The van der Waals surface area contributed by atoms with E-state index in [0.29, 0.717) is 30.2 Å². The Hall–Kier alpha value is -1.40. The first kappa shape index (κ1) is 17.9. The van der Waals surface area contributed by atoms with Gasteiger partial charge in [0, 0.05) is 25.3 Å². The third kappa shape index (κ3) is 5.32. The lowest BCUT2D eigenvalue weighted by molar-refractivity contribution is 0.0932. The van der Waals surface area contributed by atoms with Gasteiger partial charge in [-0.05, 0) is 51.9 Å². The number of nitrogens with one attached hydrogen (secondary N) is 2. The van der Waals surface area contributed by atoms with Crippen molar-refractivity contribution in [1.29, 1.82) is 0 Å². The predicted molar refractivity (Wildman–Crippen MR) is 92.6 cm³/mol. The molecule has 1 aromatic rings. The molecule has 6 heteroatoms. The van der Waals surface area contributed by atoms with Gasteiger partial charge in [-0.1, -0.05) is 13.8 Å². The van der Waals surface area contributed by atoms with E-state index in [9.17, 15) is 4.79 Å². The topological polar surface area (TPSA) is 62.2 Å². The van der Waals surface area contributed by atoms with Crippen molar-refractivity contribution in [3.8, 4) is 0 Å². The molecule has 130 valence electrons. The van der Waals surface area contributed by atoms with Gasteiger partial charge >= 0.3 is 0 Å². The van der Waals surface area contributed by atoms with E-state index in [0.717, 1.165) is 32.4 Å². The molecule has 23 heavy (non-hydrogen) atoms. The molecular weight excluding hydrogens is 290 g/mol. The number of hydrogen-bond acceptors (Lipinski definition) is 4. The summed E-state index contributed by atoms with van der Waals surface area (Å²) >= 11 is 0. The minimum absolute atomic E-state index is 0.0804. The van der Waals surface area contributed by atoms with E-state index in [1.165, 1.54) is 0 Å². The molecule has 2 N–H and O–H groups in total. The van der Waals surface area contributed by atoms with Crippen molar-refractivity contribution in [2.24, 2.45) is 5.92 Å². The smallest absolute Gasteiger partial charge is 0.271 e. The molecule has 0 aliphatic carbocycles. The van der Waals surface area contributed by atoms with Gasteiger partial charge < -0.3 is 15.5 Å². The van der Waals surface area contributed by atoms with Crippen LogP contribution in [0.5, 0.6) is 0 Å². The molecule has 2 rings (SSSR count). The summed E-state index contributed by atoms with van der Waals surface area (Å²) in [5, 5.41) is 10.9. The molecule has 2 heterocycles. The van der Waals surface area contributed by atoms with Crippen LogP contribution in [0.4, 0.5) is 0 Å². The van der Waals surface area contributed by atoms with E-state index in [1.54, 1.807) is 0 Å². The minimum atomic E-state index is -0.0804. The van der Waals surface area contributed by atoms with Crippen LogP contribution >= 0.6 is 0 Å². The van der Waals surface area contributed by atoms with Crippen LogP contribution in [0, 0.1) is 5.92 Å². The van der Waals surface area contributed by atoms with Crippen LogP contribution in [-0.4, -0.2) is 60.4 Å². The maximum Gasteiger partial charge on any atom is 0.271 e. The maximum absolute atomic E-state index is 12.3. The molecule has 0 radical (unpaired) electrons. The van der Waals surface area contributed by atoms with Crippen molar-refractivity contribution in [2.75, 3.05) is 33.7 Å². The van der Waals surface area contributed by atoms with Gasteiger partial charge in [0.05, 0.1) is 6.04 Å². The van der Waals surface area contributed by atoms with E-state index in [4.69, 9.17) is 0 Å². The van der Waals surface area contributed by atoms with Crippen molar-refractivity contribution < 1.29 is 4.79 Å². The summed E-state index contributed by atoms with van der Waals surface area (Å²) in [6, 6.07) is 2.53.